The number of anilines is 3. The third kappa shape index (κ3) is 2.79. The Morgan fingerprint density at radius 3 is 2.57 bits per heavy atom. The Kier molecular flexibility index (Phi) is 3.69. The number of aryl methyl sites for hydroxylation is 2. The van der Waals surface area contributed by atoms with E-state index in [-0.39, 0.29) is 0 Å². The number of hydrogen-bond acceptors (Lipinski definition) is 4. The van der Waals surface area contributed by atoms with Gasteiger partial charge in [-0.05, 0) is 43.7 Å². The number of fused-ring (bicyclic) bond motifs is 1. The summed E-state index contributed by atoms with van der Waals surface area (Å²) in [6, 6.07) is 7.48. The van der Waals surface area contributed by atoms with Crippen molar-refractivity contribution < 1.29 is 0 Å². The topological polar surface area (TPSA) is 50.9 Å². The number of nitrogens with one attached hydrogen (secondary N) is 1. The molecule has 2 aromatic carbocycles. The average molecular weight is 338 g/mol. The molecule has 0 saturated carbocycles. The quantitative estimate of drug-likeness (QED) is 0.603. The molecule has 3 aromatic rings. The summed E-state index contributed by atoms with van der Waals surface area (Å²) in [5, 5.41) is 5.51. The minimum Gasteiger partial charge on any atom is -0.397 e. The molecule has 0 spiro atoms. The fraction of sp³-hybridized carbons (Fsp3) is 0.133. The maximum atomic E-state index is 6.25. The Hall–Kier alpha value is -1.49. The van der Waals surface area contributed by atoms with E-state index in [0.29, 0.717) is 15.7 Å². The van der Waals surface area contributed by atoms with Gasteiger partial charge in [-0.25, -0.2) is 4.98 Å². The van der Waals surface area contributed by atoms with Gasteiger partial charge >= 0.3 is 0 Å². The highest BCUT2D eigenvalue weighted by molar-refractivity contribution is 7.18. The Balaban J connectivity index is 2.05. The minimum absolute atomic E-state index is 0.603. The standard InChI is InChI=1S/C15H13Cl2N3S/c1-7-3-10(17)12(4-9(7)16)20-13-6-14-15(5-11(13)18)21-8(2)19-14/h3-6,20H,18H2,1-2H3. The number of rotatable bonds is 2. The first kappa shape index (κ1) is 14.4. The van der Waals surface area contributed by atoms with E-state index in [2.05, 4.69) is 10.3 Å². The number of thiazole rings is 1. The predicted octanol–water partition coefficient (Wildman–Crippen LogP) is 5.55. The average Bonchev–Trinajstić information content (AvgIpc) is 2.75. The summed E-state index contributed by atoms with van der Waals surface area (Å²) in [5.74, 6) is 0. The van der Waals surface area contributed by atoms with Gasteiger partial charge in [-0.2, -0.15) is 0 Å². The SMILES string of the molecule is Cc1nc2cc(Nc3cc(Cl)c(C)cc3Cl)c(N)cc2s1. The van der Waals surface area contributed by atoms with Crippen molar-refractivity contribution in [1.82, 2.24) is 4.98 Å². The number of benzene rings is 2. The van der Waals surface area contributed by atoms with Gasteiger partial charge in [0.15, 0.2) is 0 Å². The predicted molar refractivity (Wildman–Crippen MR) is 93.3 cm³/mol. The molecule has 0 aliphatic carbocycles. The zero-order valence-corrected chi connectivity index (χ0v) is 13.8. The van der Waals surface area contributed by atoms with Gasteiger partial charge in [0.2, 0.25) is 0 Å². The molecule has 3 nitrogen and oxygen atoms in total. The molecule has 0 bridgehead atoms. The number of nitrogens with zero attached hydrogens (tertiary/aromatic N) is 1. The molecule has 0 saturated heterocycles. The maximum absolute atomic E-state index is 6.25. The highest BCUT2D eigenvalue weighted by Crippen LogP contribution is 2.35. The number of halogens is 2. The van der Waals surface area contributed by atoms with Crippen LogP contribution in [-0.2, 0) is 0 Å². The van der Waals surface area contributed by atoms with E-state index < -0.39 is 0 Å². The lowest BCUT2D eigenvalue weighted by Gasteiger charge is -2.12. The van der Waals surface area contributed by atoms with Gasteiger partial charge < -0.3 is 11.1 Å². The molecule has 0 unspecified atom stereocenters. The number of aromatic nitrogens is 1. The van der Waals surface area contributed by atoms with Crippen molar-refractivity contribution in [3.05, 3.63) is 44.9 Å². The zero-order chi connectivity index (χ0) is 15.1. The highest BCUT2D eigenvalue weighted by Gasteiger charge is 2.10. The van der Waals surface area contributed by atoms with E-state index in [0.717, 1.165) is 32.2 Å². The van der Waals surface area contributed by atoms with Crippen LogP contribution in [0.1, 0.15) is 10.6 Å². The largest absolute Gasteiger partial charge is 0.397 e. The summed E-state index contributed by atoms with van der Waals surface area (Å²) in [4.78, 5) is 4.47. The van der Waals surface area contributed by atoms with Crippen molar-refractivity contribution in [1.29, 1.82) is 0 Å². The highest BCUT2D eigenvalue weighted by atomic mass is 35.5. The molecule has 1 heterocycles. The van der Waals surface area contributed by atoms with E-state index >= 15 is 0 Å². The lowest BCUT2D eigenvalue weighted by molar-refractivity contribution is 1.35. The van der Waals surface area contributed by atoms with Gasteiger partial charge in [-0.1, -0.05) is 23.2 Å². The fourth-order valence-corrected chi connectivity index (χ4v) is 3.39. The van der Waals surface area contributed by atoms with E-state index in [9.17, 15) is 0 Å². The molecule has 0 atom stereocenters. The van der Waals surface area contributed by atoms with Gasteiger partial charge in [-0.3, -0.25) is 0 Å². The second-order valence-corrected chi connectivity index (χ2v) is 6.90. The molecule has 0 fully saturated rings. The molecule has 0 amide bonds. The van der Waals surface area contributed by atoms with Crippen LogP contribution in [0.3, 0.4) is 0 Å². The normalized spacial score (nSPS) is 11.0. The molecule has 108 valence electrons. The third-order valence-electron chi connectivity index (χ3n) is 3.18. The van der Waals surface area contributed by atoms with Gasteiger partial charge in [0.05, 0.1) is 37.3 Å². The smallest absolute Gasteiger partial charge is 0.0907 e. The number of hydrogen-bond donors (Lipinski definition) is 2. The molecule has 0 aliphatic rings. The maximum Gasteiger partial charge on any atom is 0.0907 e. The molecule has 3 N–H and O–H groups in total. The molecule has 1 aromatic heterocycles. The Morgan fingerprint density at radius 1 is 1.05 bits per heavy atom. The first-order valence-electron chi connectivity index (χ1n) is 6.33. The lowest BCUT2D eigenvalue weighted by atomic mass is 10.2. The summed E-state index contributed by atoms with van der Waals surface area (Å²) in [6.45, 7) is 3.89. The van der Waals surface area contributed by atoms with Crippen molar-refractivity contribution in [2.45, 2.75) is 13.8 Å². The van der Waals surface area contributed by atoms with E-state index in [1.807, 2.05) is 32.0 Å². The molecular formula is C15H13Cl2N3S. The van der Waals surface area contributed by atoms with Gasteiger partial charge in [0.25, 0.3) is 0 Å². The second kappa shape index (κ2) is 5.37. The molecule has 0 aliphatic heterocycles. The molecule has 0 radical (unpaired) electrons. The summed E-state index contributed by atoms with van der Waals surface area (Å²) in [7, 11) is 0. The fourth-order valence-electron chi connectivity index (χ4n) is 2.10. The van der Waals surface area contributed by atoms with Crippen LogP contribution in [0.4, 0.5) is 17.1 Å². The molecular weight excluding hydrogens is 325 g/mol. The number of nitrogens with two attached hydrogens (primary N) is 1. The summed E-state index contributed by atoms with van der Waals surface area (Å²) in [5.41, 5.74) is 10.1. The van der Waals surface area contributed by atoms with Crippen LogP contribution in [0, 0.1) is 13.8 Å². The van der Waals surface area contributed by atoms with Crippen molar-refractivity contribution in [3.8, 4) is 0 Å². The van der Waals surface area contributed by atoms with Crippen LogP contribution in [-0.4, -0.2) is 4.98 Å². The van der Waals surface area contributed by atoms with Crippen LogP contribution in [0.15, 0.2) is 24.3 Å². The Labute approximate surface area is 136 Å². The first-order chi connectivity index (χ1) is 9.94. The summed E-state index contributed by atoms with van der Waals surface area (Å²) in [6.07, 6.45) is 0. The molecule has 3 rings (SSSR count). The first-order valence-corrected chi connectivity index (χ1v) is 7.90. The Bertz CT molecular complexity index is 843. The minimum atomic E-state index is 0.603. The van der Waals surface area contributed by atoms with Crippen LogP contribution < -0.4 is 11.1 Å². The van der Waals surface area contributed by atoms with E-state index in [4.69, 9.17) is 28.9 Å². The van der Waals surface area contributed by atoms with Crippen molar-refractivity contribution in [3.63, 3.8) is 0 Å². The van der Waals surface area contributed by atoms with Crippen LogP contribution >= 0.6 is 34.5 Å². The number of nitrogen functional groups attached to an aromatic ring is 1. The van der Waals surface area contributed by atoms with Crippen molar-refractivity contribution in [2.24, 2.45) is 0 Å². The lowest BCUT2D eigenvalue weighted by Crippen LogP contribution is -1.97. The van der Waals surface area contributed by atoms with Gasteiger partial charge in [0, 0.05) is 5.02 Å². The summed E-state index contributed by atoms with van der Waals surface area (Å²) >= 11 is 14.0. The van der Waals surface area contributed by atoms with Crippen LogP contribution in [0.5, 0.6) is 0 Å². The molecule has 6 heteroatoms. The van der Waals surface area contributed by atoms with Gasteiger partial charge in [-0.15, -0.1) is 11.3 Å². The monoisotopic (exact) mass is 337 g/mol. The van der Waals surface area contributed by atoms with Crippen molar-refractivity contribution in [2.75, 3.05) is 11.1 Å². The van der Waals surface area contributed by atoms with E-state index in [1.165, 1.54) is 0 Å². The van der Waals surface area contributed by atoms with Crippen molar-refractivity contribution >= 4 is 61.8 Å². The van der Waals surface area contributed by atoms with Crippen LogP contribution in [0.2, 0.25) is 10.0 Å². The third-order valence-corrected chi connectivity index (χ3v) is 4.84. The van der Waals surface area contributed by atoms with Gasteiger partial charge in [0.1, 0.15) is 0 Å². The summed E-state index contributed by atoms with van der Waals surface area (Å²) < 4.78 is 1.07. The van der Waals surface area contributed by atoms with Crippen LogP contribution in [0.25, 0.3) is 10.2 Å². The Morgan fingerprint density at radius 2 is 1.81 bits per heavy atom. The van der Waals surface area contributed by atoms with E-state index in [1.54, 1.807) is 17.4 Å². The molecule has 21 heavy (non-hydrogen) atoms. The zero-order valence-electron chi connectivity index (χ0n) is 11.5. The second-order valence-electron chi connectivity index (χ2n) is 4.85.